The Morgan fingerprint density at radius 3 is 2.37 bits per heavy atom. The number of Topliss-reactive ketones (excluding diaryl/α,β-unsaturated/α-hetero) is 1. The molecule has 5 heterocycles. The number of piperazine rings is 1. The number of hydrogen-bond donors (Lipinski definition) is 4. The molecule has 4 aromatic rings. The predicted octanol–water partition coefficient (Wildman–Crippen LogP) is 3.36. The Kier molecular flexibility index (Phi) is 15.0. The van der Waals surface area contributed by atoms with Gasteiger partial charge in [-0.1, -0.05) is 25.0 Å². The van der Waals surface area contributed by atoms with Crippen molar-refractivity contribution < 1.29 is 33.4 Å². The summed E-state index contributed by atoms with van der Waals surface area (Å²) in [6.07, 6.45) is 7.24. The molecule has 63 heavy (non-hydrogen) atoms. The number of aryl methyl sites for hydroxylation is 1. The molecule has 7 rings (SSSR count). The zero-order valence-electron chi connectivity index (χ0n) is 36.0. The predicted molar refractivity (Wildman–Crippen MR) is 237 cm³/mol. The lowest BCUT2D eigenvalue weighted by atomic mass is 10.0. The van der Waals surface area contributed by atoms with Crippen molar-refractivity contribution in [3.8, 4) is 0 Å². The first kappa shape index (κ1) is 44.7. The Labute approximate surface area is 365 Å². The fraction of sp³-hybridized carbons (Fsp3) is 0.477. The Hall–Kier alpha value is -6.31. The summed E-state index contributed by atoms with van der Waals surface area (Å²) in [6.45, 7) is 10.2. The number of rotatable bonds is 18. The smallest absolute Gasteiger partial charge is 0.292 e. The number of amidine groups is 1. The topological polar surface area (TPSA) is 224 Å². The van der Waals surface area contributed by atoms with Crippen LogP contribution in [0.3, 0.4) is 0 Å². The maximum atomic E-state index is 13.5. The molecule has 19 nitrogen and oxygen atoms in total. The number of ether oxygens (including phenoxy) is 3. The minimum Gasteiger partial charge on any atom is -0.460 e. The largest absolute Gasteiger partial charge is 0.460 e. The van der Waals surface area contributed by atoms with Crippen LogP contribution in [0.5, 0.6) is 0 Å². The van der Waals surface area contributed by atoms with Gasteiger partial charge >= 0.3 is 0 Å². The zero-order valence-corrected chi connectivity index (χ0v) is 36.0. The molecule has 1 saturated heterocycles. The van der Waals surface area contributed by atoms with Crippen LogP contribution in [0.2, 0.25) is 0 Å². The maximum Gasteiger partial charge on any atom is 0.292 e. The van der Waals surface area contributed by atoms with Gasteiger partial charge in [0, 0.05) is 50.3 Å². The molecular weight excluding hydrogens is 811 g/mol. The Morgan fingerprint density at radius 1 is 0.889 bits per heavy atom. The molecule has 0 radical (unpaired) electrons. The highest BCUT2D eigenvalue weighted by Gasteiger charge is 2.26. The summed E-state index contributed by atoms with van der Waals surface area (Å²) in [5.41, 5.74) is 2.65. The van der Waals surface area contributed by atoms with E-state index in [0.717, 1.165) is 44.5 Å². The van der Waals surface area contributed by atoms with Crippen LogP contribution in [-0.4, -0.2) is 132 Å². The number of benzene rings is 1. The second-order valence-corrected chi connectivity index (χ2v) is 15.8. The molecule has 1 atom stereocenters. The number of hydrogen-bond acceptors (Lipinski definition) is 15. The standard InChI is InChI=1S/C44H55N11O8/c1-28-24-48-44(63-28)52-41(59)33-10-6-7-11-35(33)49-37(57)14-20-61-22-23-62-21-15-45-38(58)27-53-16-18-54(19-17-53)32-12-13-36(46-25-32)50-43-47-26-34-29(2)39(30(3)56)42(60)55(40(34)51-43)31-8-4-5-9-31/h6-7,10-13,25-26,28,31H,4-5,8-9,14-24,27H2,1-3H3,(H,45,58)(H,49,57)(H,48,52,59)(H,46,47,50,51). The summed E-state index contributed by atoms with van der Waals surface area (Å²) in [5, 5.41) is 12.2. The molecule has 0 bridgehead atoms. The van der Waals surface area contributed by atoms with Crippen LogP contribution >= 0.6 is 0 Å². The summed E-state index contributed by atoms with van der Waals surface area (Å²) < 4.78 is 18.3. The Bertz CT molecular complexity index is 2370. The summed E-state index contributed by atoms with van der Waals surface area (Å²) in [7, 11) is 0. The Balaban J connectivity index is 0.763. The molecule has 1 saturated carbocycles. The molecule has 1 aromatic carbocycles. The number of anilines is 4. The summed E-state index contributed by atoms with van der Waals surface area (Å²) >= 11 is 0. The second-order valence-electron chi connectivity index (χ2n) is 15.8. The molecule has 2 aliphatic heterocycles. The highest BCUT2D eigenvalue weighted by atomic mass is 16.5. The van der Waals surface area contributed by atoms with Crippen LogP contribution in [0.15, 0.2) is 58.6 Å². The maximum absolute atomic E-state index is 13.5. The van der Waals surface area contributed by atoms with Gasteiger partial charge in [0.2, 0.25) is 17.8 Å². The van der Waals surface area contributed by atoms with Crippen LogP contribution < -0.4 is 31.7 Å². The third kappa shape index (κ3) is 11.6. The van der Waals surface area contributed by atoms with E-state index in [1.807, 2.05) is 19.1 Å². The van der Waals surface area contributed by atoms with Gasteiger partial charge in [0.15, 0.2) is 5.78 Å². The number of para-hydroxylation sites is 1. The lowest BCUT2D eigenvalue weighted by Gasteiger charge is -2.35. The van der Waals surface area contributed by atoms with Crippen molar-refractivity contribution in [1.82, 2.24) is 35.1 Å². The molecule has 3 aliphatic rings. The molecule has 3 amide bonds. The number of nitrogens with zero attached hydrogens (tertiary/aromatic N) is 7. The average molecular weight is 866 g/mol. The first-order valence-corrected chi connectivity index (χ1v) is 21.5. The van der Waals surface area contributed by atoms with Crippen LogP contribution in [0.25, 0.3) is 11.0 Å². The molecule has 2 fully saturated rings. The van der Waals surface area contributed by atoms with E-state index in [2.05, 4.69) is 46.0 Å². The summed E-state index contributed by atoms with van der Waals surface area (Å²) in [4.78, 5) is 86.2. The van der Waals surface area contributed by atoms with E-state index in [1.54, 1.807) is 48.1 Å². The number of amides is 3. The number of aromatic nitrogens is 4. The molecule has 1 aliphatic carbocycles. The molecule has 1 unspecified atom stereocenters. The van der Waals surface area contributed by atoms with Crippen LogP contribution in [-0.2, 0) is 23.8 Å². The van der Waals surface area contributed by atoms with E-state index in [0.29, 0.717) is 79.0 Å². The number of aliphatic imine (C=N–C) groups is 1. The fourth-order valence-corrected chi connectivity index (χ4v) is 7.96. The van der Waals surface area contributed by atoms with Gasteiger partial charge in [0.25, 0.3) is 17.5 Å². The molecule has 334 valence electrons. The van der Waals surface area contributed by atoms with Gasteiger partial charge in [-0.3, -0.25) is 38.8 Å². The SMILES string of the molecule is CC(=O)c1c(C)c2cnc(Nc3ccc(N4CCN(CC(=O)NCCOCCOCCC(=O)Nc5ccccc5C(=O)NC5=NCC(C)O5)CC4)cn3)nc2n(C2CCCC2)c1=O. The molecule has 0 spiro atoms. The van der Waals surface area contributed by atoms with Gasteiger partial charge in [-0.25, -0.2) is 15.0 Å². The minimum absolute atomic E-state index is 0.00697. The van der Waals surface area contributed by atoms with Crippen molar-refractivity contribution in [2.24, 2.45) is 4.99 Å². The van der Waals surface area contributed by atoms with Gasteiger partial charge in [0.1, 0.15) is 17.6 Å². The van der Waals surface area contributed by atoms with E-state index >= 15 is 0 Å². The number of carbonyl (C=O) groups is 4. The van der Waals surface area contributed by atoms with Crippen molar-refractivity contribution in [3.63, 3.8) is 0 Å². The number of fused-ring (bicyclic) bond motifs is 1. The summed E-state index contributed by atoms with van der Waals surface area (Å²) in [6, 6.07) is 10.7. The number of carbonyl (C=O) groups excluding carboxylic acids is 4. The van der Waals surface area contributed by atoms with Crippen molar-refractivity contribution in [2.75, 3.05) is 87.8 Å². The fourth-order valence-electron chi connectivity index (χ4n) is 7.96. The third-order valence-electron chi connectivity index (χ3n) is 11.2. The Morgan fingerprint density at radius 2 is 1.65 bits per heavy atom. The van der Waals surface area contributed by atoms with Crippen LogP contribution in [0.1, 0.15) is 78.3 Å². The van der Waals surface area contributed by atoms with Crippen molar-refractivity contribution in [1.29, 1.82) is 0 Å². The lowest BCUT2D eigenvalue weighted by Crippen LogP contribution is -2.49. The average Bonchev–Trinajstić information content (AvgIpc) is 3.95. The van der Waals surface area contributed by atoms with Crippen LogP contribution in [0, 0.1) is 6.92 Å². The summed E-state index contributed by atoms with van der Waals surface area (Å²) in [5.74, 6) is -0.188. The minimum atomic E-state index is -0.429. The zero-order chi connectivity index (χ0) is 44.3. The molecule has 3 aromatic heterocycles. The normalized spacial score (nSPS) is 16.7. The molecule has 4 N–H and O–H groups in total. The van der Waals surface area contributed by atoms with E-state index in [1.165, 1.54) is 6.92 Å². The second kappa shape index (κ2) is 21.2. The van der Waals surface area contributed by atoms with Gasteiger partial charge in [-0.2, -0.15) is 4.98 Å². The van der Waals surface area contributed by atoms with Crippen molar-refractivity contribution in [2.45, 2.75) is 65.0 Å². The third-order valence-corrected chi connectivity index (χ3v) is 11.2. The number of ketones is 1. The van der Waals surface area contributed by atoms with Gasteiger partial charge in [0.05, 0.1) is 74.6 Å². The quantitative estimate of drug-likeness (QED) is 0.0832. The molecular formula is C44H55N11O8. The van der Waals surface area contributed by atoms with E-state index in [4.69, 9.17) is 19.2 Å². The van der Waals surface area contributed by atoms with Gasteiger partial charge in [-0.05, 0) is 63.4 Å². The molecule has 19 heteroatoms. The monoisotopic (exact) mass is 865 g/mol. The van der Waals surface area contributed by atoms with Gasteiger partial charge in [-0.15, -0.1) is 0 Å². The van der Waals surface area contributed by atoms with E-state index in [9.17, 15) is 24.0 Å². The van der Waals surface area contributed by atoms with Crippen LogP contribution in [0.4, 0.5) is 23.1 Å². The van der Waals surface area contributed by atoms with Gasteiger partial charge < -0.3 is 35.1 Å². The van der Waals surface area contributed by atoms with E-state index < -0.39 is 5.91 Å². The van der Waals surface area contributed by atoms with Crippen molar-refractivity contribution >= 4 is 63.7 Å². The highest BCUT2D eigenvalue weighted by molar-refractivity contribution is 6.09. The van der Waals surface area contributed by atoms with E-state index in [-0.39, 0.29) is 73.1 Å². The number of nitrogens with one attached hydrogen (secondary N) is 4. The van der Waals surface area contributed by atoms with Crippen molar-refractivity contribution in [3.05, 3.63) is 75.8 Å². The lowest BCUT2D eigenvalue weighted by molar-refractivity contribution is -0.122. The number of pyridine rings is 2. The first-order valence-electron chi connectivity index (χ1n) is 21.5. The first-order chi connectivity index (χ1) is 30.5. The highest BCUT2D eigenvalue weighted by Crippen LogP contribution is 2.32.